The summed E-state index contributed by atoms with van der Waals surface area (Å²) in [5.41, 5.74) is 0. The number of carboxylic acids is 1. The average Bonchev–Trinajstić information content (AvgIpc) is 2.78. The predicted molar refractivity (Wildman–Crippen MR) is 55.0 cm³/mol. The molecule has 2 atom stereocenters. The summed E-state index contributed by atoms with van der Waals surface area (Å²) >= 11 is 0. The summed E-state index contributed by atoms with van der Waals surface area (Å²) in [5, 5.41) is 15.4. The van der Waals surface area contributed by atoms with E-state index in [4.69, 9.17) is 9.63 Å². The Labute approximate surface area is 93.0 Å². The van der Waals surface area contributed by atoms with E-state index in [2.05, 4.69) is 22.4 Å². The van der Waals surface area contributed by atoms with Crippen molar-refractivity contribution in [2.75, 3.05) is 6.54 Å². The van der Waals surface area contributed by atoms with Gasteiger partial charge in [0.05, 0.1) is 6.04 Å². The summed E-state index contributed by atoms with van der Waals surface area (Å²) in [6, 6.07) is -0.000648. The van der Waals surface area contributed by atoms with Crippen LogP contribution in [0.1, 0.15) is 48.7 Å². The SMILES string of the molecule is CCC1CCNC(c2nc(C(=O)O)no2)C1. The van der Waals surface area contributed by atoms with Crippen LogP contribution in [0.3, 0.4) is 0 Å². The van der Waals surface area contributed by atoms with Gasteiger partial charge in [0.15, 0.2) is 0 Å². The number of rotatable bonds is 3. The number of aromatic carboxylic acids is 1. The van der Waals surface area contributed by atoms with Crippen molar-refractivity contribution in [2.24, 2.45) is 5.92 Å². The molecule has 2 unspecified atom stereocenters. The molecular weight excluding hydrogens is 210 g/mol. The largest absolute Gasteiger partial charge is 0.475 e. The summed E-state index contributed by atoms with van der Waals surface area (Å²) in [5.74, 6) is -0.393. The Morgan fingerprint density at radius 3 is 3.12 bits per heavy atom. The van der Waals surface area contributed by atoms with E-state index in [1.165, 1.54) is 0 Å². The van der Waals surface area contributed by atoms with Gasteiger partial charge in [0.2, 0.25) is 5.89 Å². The highest BCUT2D eigenvalue weighted by Gasteiger charge is 2.26. The van der Waals surface area contributed by atoms with Gasteiger partial charge in [-0.2, -0.15) is 4.98 Å². The van der Waals surface area contributed by atoms with Gasteiger partial charge in [-0.25, -0.2) is 4.79 Å². The second-order valence-electron chi connectivity index (χ2n) is 4.07. The average molecular weight is 225 g/mol. The molecule has 6 heteroatoms. The van der Waals surface area contributed by atoms with Gasteiger partial charge >= 0.3 is 5.97 Å². The lowest BCUT2D eigenvalue weighted by molar-refractivity contribution is 0.0680. The molecular formula is C10H15N3O3. The first kappa shape index (κ1) is 11.1. The number of aromatic nitrogens is 2. The van der Waals surface area contributed by atoms with E-state index in [0.717, 1.165) is 25.8 Å². The monoisotopic (exact) mass is 225 g/mol. The van der Waals surface area contributed by atoms with E-state index in [-0.39, 0.29) is 11.9 Å². The van der Waals surface area contributed by atoms with Gasteiger partial charge < -0.3 is 14.9 Å². The molecule has 6 nitrogen and oxygen atoms in total. The van der Waals surface area contributed by atoms with Crippen LogP contribution < -0.4 is 5.32 Å². The Morgan fingerprint density at radius 2 is 2.50 bits per heavy atom. The summed E-state index contributed by atoms with van der Waals surface area (Å²) in [4.78, 5) is 14.5. The minimum atomic E-state index is -1.15. The van der Waals surface area contributed by atoms with E-state index in [0.29, 0.717) is 11.8 Å². The number of nitrogens with one attached hydrogen (secondary N) is 1. The number of nitrogens with zero attached hydrogens (tertiary/aromatic N) is 2. The van der Waals surface area contributed by atoms with Gasteiger partial charge in [-0.15, -0.1) is 0 Å². The highest BCUT2D eigenvalue weighted by Crippen LogP contribution is 2.27. The van der Waals surface area contributed by atoms with Crippen molar-refractivity contribution in [3.8, 4) is 0 Å². The summed E-state index contributed by atoms with van der Waals surface area (Å²) in [6.07, 6.45) is 3.20. The molecule has 2 heterocycles. The highest BCUT2D eigenvalue weighted by molar-refractivity contribution is 5.82. The van der Waals surface area contributed by atoms with Crippen LogP contribution in [0.25, 0.3) is 0 Å². The summed E-state index contributed by atoms with van der Waals surface area (Å²) < 4.78 is 4.95. The first-order valence-electron chi connectivity index (χ1n) is 5.51. The van der Waals surface area contributed by atoms with Gasteiger partial charge in [0.25, 0.3) is 5.82 Å². The van der Waals surface area contributed by atoms with E-state index in [9.17, 15) is 4.79 Å². The molecule has 1 aromatic heterocycles. The zero-order valence-electron chi connectivity index (χ0n) is 9.14. The molecule has 1 saturated heterocycles. The predicted octanol–water partition coefficient (Wildman–Crippen LogP) is 1.22. The summed E-state index contributed by atoms with van der Waals surface area (Å²) in [7, 11) is 0. The molecule has 1 fully saturated rings. The lowest BCUT2D eigenvalue weighted by atomic mass is 9.90. The lowest BCUT2D eigenvalue weighted by Crippen LogP contribution is -2.31. The third-order valence-electron chi connectivity index (χ3n) is 3.02. The van der Waals surface area contributed by atoms with Crippen LogP contribution >= 0.6 is 0 Å². The number of hydrogen-bond donors (Lipinski definition) is 2. The van der Waals surface area contributed by atoms with Crippen LogP contribution in [0.15, 0.2) is 4.52 Å². The fourth-order valence-corrected chi connectivity index (χ4v) is 2.02. The van der Waals surface area contributed by atoms with Crippen molar-refractivity contribution < 1.29 is 14.4 Å². The maximum Gasteiger partial charge on any atom is 0.377 e. The zero-order chi connectivity index (χ0) is 11.5. The number of piperidine rings is 1. The molecule has 0 saturated carbocycles. The van der Waals surface area contributed by atoms with Crippen LogP contribution in [-0.4, -0.2) is 27.8 Å². The normalized spacial score (nSPS) is 25.6. The van der Waals surface area contributed by atoms with E-state index in [1.807, 2.05) is 0 Å². The van der Waals surface area contributed by atoms with Crippen molar-refractivity contribution in [1.82, 2.24) is 15.5 Å². The molecule has 1 aliphatic heterocycles. The molecule has 1 aliphatic rings. The quantitative estimate of drug-likeness (QED) is 0.804. The van der Waals surface area contributed by atoms with Crippen molar-refractivity contribution in [3.05, 3.63) is 11.7 Å². The van der Waals surface area contributed by atoms with Gasteiger partial charge in [0, 0.05) is 0 Å². The lowest BCUT2D eigenvalue weighted by Gasteiger charge is -2.27. The molecule has 0 radical (unpaired) electrons. The van der Waals surface area contributed by atoms with Gasteiger partial charge in [0.1, 0.15) is 0 Å². The van der Waals surface area contributed by atoms with Crippen molar-refractivity contribution in [3.63, 3.8) is 0 Å². The van der Waals surface area contributed by atoms with Crippen LogP contribution in [0.4, 0.5) is 0 Å². The third kappa shape index (κ3) is 2.21. The Balaban J connectivity index is 2.08. The highest BCUT2D eigenvalue weighted by atomic mass is 16.5. The van der Waals surface area contributed by atoms with Crippen molar-refractivity contribution in [1.29, 1.82) is 0 Å². The number of carboxylic acid groups (broad SMARTS) is 1. The maximum atomic E-state index is 10.6. The molecule has 2 N–H and O–H groups in total. The van der Waals surface area contributed by atoms with Crippen LogP contribution in [-0.2, 0) is 0 Å². The zero-order valence-corrected chi connectivity index (χ0v) is 9.14. The Hall–Kier alpha value is -1.43. The summed E-state index contributed by atoms with van der Waals surface area (Å²) in [6.45, 7) is 3.07. The molecule has 2 rings (SSSR count). The molecule has 0 aromatic carbocycles. The smallest absolute Gasteiger partial charge is 0.377 e. The molecule has 0 amide bonds. The van der Waals surface area contributed by atoms with E-state index < -0.39 is 5.97 Å². The topological polar surface area (TPSA) is 88.2 Å². The first-order chi connectivity index (χ1) is 7.70. The Bertz CT molecular complexity index is 377. The van der Waals surface area contributed by atoms with Crippen molar-refractivity contribution >= 4 is 5.97 Å². The van der Waals surface area contributed by atoms with E-state index >= 15 is 0 Å². The molecule has 88 valence electrons. The third-order valence-corrected chi connectivity index (χ3v) is 3.02. The fourth-order valence-electron chi connectivity index (χ4n) is 2.02. The second-order valence-corrected chi connectivity index (χ2v) is 4.07. The molecule has 0 bridgehead atoms. The minimum Gasteiger partial charge on any atom is -0.475 e. The molecule has 0 aliphatic carbocycles. The van der Waals surface area contributed by atoms with Crippen LogP contribution in [0.5, 0.6) is 0 Å². The van der Waals surface area contributed by atoms with Crippen LogP contribution in [0.2, 0.25) is 0 Å². The standard InChI is InChI=1S/C10H15N3O3/c1-2-6-3-4-11-7(5-6)9-12-8(10(14)15)13-16-9/h6-7,11H,2-5H2,1H3,(H,14,15). The van der Waals surface area contributed by atoms with Gasteiger partial charge in [-0.3, -0.25) is 0 Å². The van der Waals surface area contributed by atoms with Gasteiger partial charge in [-0.1, -0.05) is 13.3 Å². The maximum absolute atomic E-state index is 10.6. The molecule has 0 spiro atoms. The Kier molecular flexibility index (Phi) is 3.19. The molecule has 1 aromatic rings. The molecule has 16 heavy (non-hydrogen) atoms. The first-order valence-corrected chi connectivity index (χ1v) is 5.51. The van der Waals surface area contributed by atoms with E-state index in [1.54, 1.807) is 0 Å². The minimum absolute atomic E-state index is 0.000648. The second kappa shape index (κ2) is 4.61. The van der Waals surface area contributed by atoms with Crippen molar-refractivity contribution in [2.45, 2.75) is 32.2 Å². The number of hydrogen-bond acceptors (Lipinski definition) is 5. The Morgan fingerprint density at radius 1 is 1.69 bits per heavy atom. The number of carbonyl (C=O) groups is 1. The van der Waals surface area contributed by atoms with Gasteiger partial charge in [-0.05, 0) is 30.5 Å². The fraction of sp³-hybridized carbons (Fsp3) is 0.700. The van der Waals surface area contributed by atoms with Crippen LogP contribution in [0, 0.1) is 5.92 Å².